The molecule has 50 heavy (non-hydrogen) atoms. The first-order valence-corrected chi connectivity index (χ1v) is 24.3. The van der Waals surface area contributed by atoms with Crippen molar-refractivity contribution < 1.29 is 0 Å². The Kier molecular flexibility index (Phi) is 23.0. The molecule has 0 saturated heterocycles. The molecule has 0 bridgehead atoms. The third kappa shape index (κ3) is 16.2. The minimum atomic E-state index is 0.970. The van der Waals surface area contributed by atoms with Crippen LogP contribution in [-0.4, -0.2) is 0 Å². The quantitative estimate of drug-likeness (QED) is 0.225. The van der Waals surface area contributed by atoms with Crippen LogP contribution in [0.15, 0.2) is 0 Å². The van der Waals surface area contributed by atoms with E-state index < -0.39 is 0 Å². The fourth-order valence-electron chi connectivity index (χ4n) is 12.3. The fraction of sp³-hybridized carbons (Fsp3) is 1.00. The smallest absolute Gasteiger partial charge is 0.0355 e. The summed E-state index contributed by atoms with van der Waals surface area (Å²) in [6.45, 7) is 19.3. The summed E-state index contributed by atoms with van der Waals surface area (Å²) in [6, 6.07) is 0. The van der Waals surface area contributed by atoms with E-state index >= 15 is 0 Å². The van der Waals surface area contributed by atoms with Crippen LogP contribution in [0.5, 0.6) is 0 Å². The van der Waals surface area contributed by atoms with Gasteiger partial charge < -0.3 is 0 Å². The summed E-state index contributed by atoms with van der Waals surface area (Å²) in [5.74, 6) is 12.6. The summed E-state index contributed by atoms with van der Waals surface area (Å²) in [6.07, 6.45) is 45.2. The molecule has 0 radical (unpaired) electrons. The molecule has 0 aliphatic heterocycles. The zero-order chi connectivity index (χ0) is 36.1. The summed E-state index contributed by atoms with van der Waals surface area (Å²) in [4.78, 5) is 0. The van der Waals surface area contributed by atoms with Gasteiger partial charge in [0.2, 0.25) is 0 Å². The van der Waals surface area contributed by atoms with Crippen LogP contribution < -0.4 is 0 Å². The van der Waals surface area contributed by atoms with Crippen LogP contribution >= 0.6 is 0 Å². The van der Waals surface area contributed by atoms with E-state index in [1.165, 1.54) is 167 Å². The van der Waals surface area contributed by atoms with Crippen molar-refractivity contribution in [2.24, 2.45) is 71.0 Å². The SMILES string of the molecule is CC(CC1CCCCC1)C1CCCCC1.CCC(C)C1CCCC2CCCCC21.CCC(C)CC1CCCCC1.CCC1CCCC(C)C1C. The molecule has 0 nitrogen and oxygen atoms in total. The topological polar surface area (TPSA) is 0 Å². The van der Waals surface area contributed by atoms with Gasteiger partial charge in [0.05, 0.1) is 0 Å². The van der Waals surface area contributed by atoms with E-state index in [1.54, 1.807) is 25.7 Å². The van der Waals surface area contributed by atoms with E-state index in [0.29, 0.717) is 0 Å². The van der Waals surface area contributed by atoms with Crippen LogP contribution in [0.25, 0.3) is 0 Å². The van der Waals surface area contributed by atoms with Gasteiger partial charge in [-0.05, 0) is 96.7 Å². The maximum absolute atomic E-state index is 2.53. The standard InChI is InChI=1S/C15H28.C14H26.C11H22.C10H20/c1-13(15-10-6-3-7-11-15)12-14-8-4-2-5-9-14;1-3-11(2)13-10-6-8-12-7-4-5-9-14(12)13;1-3-10(2)9-11-7-5-4-6-8-11;1-4-10-7-5-6-8(2)9(10)3/h13-15H,2-12H2,1H3;11-14H,3-10H2,1-2H3;10-11H,3-9H2,1-2H3;8-10H,4-7H2,1-3H3. The Hall–Kier alpha value is 0. The molecule has 0 heterocycles. The maximum atomic E-state index is 2.53. The lowest BCUT2D eigenvalue weighted by molar-refractivity contribution is 0.0681. The molecule has 0 N–H and O–H groups in total. The summed E-state index contributed by atoms with van der Waals surface area (Å²) in [5, 5.41) is 0. The number of hydrogen-bond donors (Lipinski definition) is 0. The molecule has 9 atom stereocenters. The first-order chi connectivity index (χ1) is 24.3. The molecule has 0 aromatic carbocycles. The molecule has 0 aromatic heterocycles. The first-order valence-electron chi connectivity index (χ1n) is 24.3. The van der Waals surface area contributed by atoms with Crippen molar-refractivity contribution in [3.8, 4) is 0 Å². The lowest BCUT2D eigenvalue weighted by Crippen LogP contribution is -2.34. The monoisotopic (exact) mass is 697 g/mol. The van der Waals surface area contributed by atoms with Gasteiger partial charge in [0, 0.05) is 0 Å². The minimum absolute atomic E-state index is 0.970. The largest absolute Gasteiger partial charge is 0.0651 e. The summed E-state index contributed by atoms with van der Waals surface area (Å²) >= 11 is 0. The van der Waals surface area contributed by atoms with Crippen molar-refractivity contribution >= 4 is 0 Å². The van der Waals surface area contributed by atoms with Gasteiger partial charge in [-0.3, -0.25) is 0 Å². The Morgan fingerprint density at radius 1 is 0.460 bits per heavy atom. The van der Waals surface area contributed by atoms with E-state index in [2.05, 4.69) is 55.4 Å². The van der Waals surface area contributed by atoms with E-state index in [0.717, 1.165) is 71.0 Å². The van der Waals surface area contributed by atoms with Crippen LogP contribution in [0.2, 0.25) is 0 Å². The fourth-order valence-corrected chi connectivity index (χ4v) is 12.3. The van der Waals surface area contributed by atoms with E-state index in [9.17, 15) is 0 Å². The van der Waals surface area contributed by atoms with Crippen molar-refractivity contribution in [1.29, 1.82) is 0 Å². The molecular weight excluding hydrogens is 601 g/mol. The predicted octanol–water partition coefficient (Wildman–Crippen LogP) is 17.3. The highest BCUT2D eigenvalue weighted by molar-refractivity contribution is 4.87. The van der Waals surface area contributed by atoms with Gasteiger partial charge in [0.15, 0.2) is 0 Å². The molecule has 6 aliphatic carbocycles. The lowest BCUT2D eigenvalue weighted by Gasteiger charge is -2.44. The Balaban J connectivity index is 0.000000183. The highest BCUT2D eigenvalue weighted by atomic mass is 14.4. The van der Waals surface area contributed by atoms with Gasteiger partial charge in [-0.2, -0.15) is 0 Å². The van der Waals surface area contributed by atoms with Crippen LogP contribution in [0.4, 0.5) is 0 Å². The Labute approximate surface area is 318 Å². The van der Waals surface area contributed by atoms with Gasteiger partial charge in [0.25, 0.3) is 0 Å². The highest BCUT2D eigenvalue weighted by Gasteiger charge is 2.36. The average molecular weight is 697 g/mol. The molecule has 6 aliphatic rings. The van der Waals surface area contributed by atoms with E-state index in [1.807, 2.05) is 0 Å². The summed E-state index contributed by atoms with van der Waals surface area (Å²) in [7, 11) is 0. The second kappa shape index (κ2) is 25.9. The third-order valence-corrected chi connectivity index (χ3v) is 16.4. The number of rotatable bonds is 9. The van der Waals surface area contributed by atoms with Gasteiger partial charge in [-0.1, -0.05) is 222 Å². The van der Waals surface area contributed by atoms with Crippen LogP contribution in [0, 0.1) is 71.0 Å². The third-order valence-electron chi connectivity index (χ3n) is 16.4. The highest BCUT2D eigenvalue weighted by Crippen LogP contribution is 2.47. The molecule has 0 amide bonds. The first kappa shape index (κ1) is 44.4. The summed E-state index contributed by atoms with van der Waals surface area (Å²) in [5.41, 5.74) is 0. The van der Waals surface area contributed by atoms with E-state index in [-0.39, 0.29) is 0 Å². The van der Waals surface area contributed by atoms with Crippen molar-refractivity contribution in [3.05, 3.63) is 0 Å². The number of hydrogen-bond acceptors (Lipinski definition) is 0. The lowest BCUT2D eigenvalue weighted by atomic mass is 9.62. The molecule has 0 heteroatoms. The van der Waals surface area contributed by atoms with Crippen LogP contribution in [0.1, 0.15) is 248 Å². The molecule has 6 fully saturated rings. The van der Waals surface area contributed by atoms with Gasteiger partial charge in [-0.25, -0.2) is 0 Å². The second-order valence-electron chi connectivity index (χ2n) is 20.0. The normalized spacial score (nSPS) is 33.1. The zero-order valence-electron chi connectivity index (χ0n) is 36.1. The van der Waals surface area contributed by atoms with Crippen LogP contribution in [-0.2, 0) is 0 Å². The molecule has 6 saturated carbocycles. The molecule has 0 aromatic rings. The average Bonchev–Trinajstić information content (AvgIpc) is 3.17. The maximum Gasteiger partial charge on any atom is -0.0355 e. The van der Waals surface area contributed by atoms with E-state index in [4.69, 9.17) is 0 Å². The van der Waals surface area contributed by atoms with Crippen LogP contribution in [0.3, 0.4) is 0 Å². The Morgan fingerprint density at radius 2 is 0.980 bits per heavy atom. The molecule has 6 rings (SSSR count). The Bertz CT molecular complexity index is 776. The van der Waals surface area contributed by atoms with Gasteiger partial charge in [-0.15, -0.1) is 0 Å². The predicted molar refractivity (Wildman–Crippen MR) is 226 cm³/mol. The van der Waals surface area contributed by atoms with Crippen molar-refractivity contribution in [1.82, 2.24) is 0 Å². The number of fused-ring (bicyclic) bond motifs is 1. The summed E-state index contributed by atoms with van der Waals surface area (Å²) < 4.78 is 0. The molecular formula is C50H96. The second-order valence-corrected chi connectivity index (χ2v) is 20.0. The molecule has 296 valence electrons. The Morgan fingerprint density at radius 3 is 1.54 bits per heavy atom. The van der Waals surface area contributed by atoms with Crippen molar-refractivity contribution in [2.75, 3.05) is 0 Å². The molecule has 9 unspecified atom stereocenters. The van der Waals surface area contributed by atoms with Crippen molar-refractivity contribution in [3.63, 3.8) is 0 Å². The van der Waals surface area contributed by atoms with Gasteiger partial charge in [0.1, 0.15) is 0 Å². The van der Waals surface area contributed by atoms with Gasteiger partial charge >= 0.3 is 0 Å². The molecule has 0 spiro atoms. The zero-order valence-corrected chi connectivity index (χ0v) is 36.1. The minimum Gasteiger partial charge on any atom is -0.0651 e. The van der Waals surface area contributed by atoms with Crippen molar-refractivity contribution in [2.45, 2.75) is 248 Å².